The molecule has 1 fully saturated rings. The second-order valence-corrected chi connectivity index (χ2v) is 4.20. The van der Waals surface area contributed by atoms with E-state index < -0.39 is 0 Å². The van der Waals surface area contributed by atoms with E-state index in [-0.39, 0.29) is 5.91 Å². The Kier molecular flexibility index (Phi) is 2.29. The Morgan fingerprint density at radius 2 is 2.18 bits per heavy atom. The molecule has 0 unspecified atom stereocenters. The van der Waals surface area contributed by atoms with Gasteiger partial charge in [-0.25, -0.2) is 4.52 Å². The Balaban J connectivity index is 1.95. The maximum atomic E-state index is 11.9. The number of carbonyl (C=O) groups excluding carboxylic acids is 1. The van der Waals surface area contributed by atoms with Crippen LogP contribution in [0.3, 0.4) is 0 Å². The third-order valence-electron chi connectivity index (χ3n) is 2.88. The number of nitrogens with zero attached hydrogens (tertiary/aromatic N) is 5. The molecule has 0 N–H and O–H groups in total. The van der Waals surface area contributed by atoms with Crippen molar-refractivity contribution in [3.05, 3.63) is 24.4 Å². The lowest BCUT2D eigenvalue weighted by atomic mass is 10.3. The number of fused-ring (bicyclic) bond motifs is 1. The van der Waals surface area contributed by atoms with Gasteiger partial charge in [0.05, 0.1) is 6.54 Å². The summed E-state index contributed by atoms with van der Waals surface area (Å²) in [4.78, 5) is 19.9. The number of carbonyl (C=O) groups is 1. The number of anilines is 1. The Hall–Kier alpha value is -1.95. The summed E-state index contributed by atoms with van der Waals surface area (Å²) < 4.78 is 1.68. The van der Waals surface area contributed by atoms with Crippen molar-refractivity contribution in [2.45, 2.75) is 0 Å². The van der Waals surface area contributed by atoms with Crippen molar-refractivity contribution in [3.63, 3.8) is 0 Å². The van der Waals surface area contributed by atoms with Crippen LogP contribution in [0.5, 0.6) is 0 Å². The van der Waals surface area contributed by atoms with E-state index in [4.69, 9.17) is 0 Å². The second kappa shape index (κ2) is 3.81. The molecule has 0 radical (unpaired) electrons. The number of hydrogen-bond acceptors (Lipinski definition) is 4. The number of aromatic nitrogens is 3. The minimum atomic E-state index is 0.0506. The van der Waals surface area contributed by atoms with Crippen LogP contribution in [0, 0.1) is 0 Å². The van der Waals surface area contributed by atoms with Crippen molar-refractivity contribution >= 4 is 17.5 Å². The molecule has 17 heavy (non-hydrogen) atoms. The zero-order chi connectivity index (χ0) is 11.8. The van der Waals surface area contributed by atoms with Gasteiger partial charge in [-0.2, -0.15) is 4.98 Å². The smallest absolute Gasteiger partial charge is 0.252 e. The summed E-state index contributed by atoms with van der Waals surface area (Å²) in [6.45, 7) is 1.92. The molecular formula is C11H13N5O. The van der Waals surface area contributed by atoms with E-state index in [0.29, 0.717) is 19.0 Å². The predicted molar refractivity (Wildman–Crippen MR) is 62.8 cm³/mol. The van der Waals surface area contributed by atoms with E-state index in [0.717, 1.165) is 12.2 Å². The number of pyridine rings is 1. The first-order chi connectivity index (χ1) is 8.24. The standard InChI is InChI=1S/C11H13N5O/c1-14-6-7-15(10(17)8-14)11-12-9-4-2-3-5-16(9)13-11/h2-5H,6-8H2,1H3. The number of likely N-dealkylation sites (N-methyl/N-ethyl adjacent to an activating group) is 1. The van der Waals surface area contributed by atoms with E-state index in [2.05, 4.69) is 10.1 Å². The highest BCUT2D eigenvalue weighted by Gasteiger charge is 2.25. The number of amides is 1. The first-order valence-electron chi connectivity index (χ1n) is 5.54. The minimum Gasteiger partial charge on any atom is -0.296 e. The summed E-state index contributed by atoms with van der Waals surface area (Å²) >= 11 is 0. The molecule has 3 rings (SSSR count). The fourth-order valence-electron chi connectivity index (χ4n) is 1.94. The van der Waals surface area contributed by atoms with Crippen LogP contribution in [0.1, 0.15) is 0 Å². The van der Waals surface area contributed by atoms with Crippen molar-refractivity contribution in [3.8, 4) is 0 Å². The highest BCUT2D eigenvalue weighted by atomic mass is 16.2. The number of piperazine rings is 1. The first-order valence-corrected chi connectivity index (χ1v) is 5.54. The van der Waals surface area contributed by atoms with Crippen LogP contribution < -0.4 is 4.90 Å². The molecule has 3 heterocycles. The molecule has 1 saturated heterocycles. The Morgan fingerprint density at radius 1 is 1.29 bits per heavy atom. The highest BCUT2D eigenvalue weighted by molar-refractivity contribution is 5.94. The fraction of sp³-hybridized carbons (Fsp3) is 0.364. The van der Waals surface area contributed by atoms with Crippen molar-refractivity contribution < 1.29 is 4.79 Å². The topological polar surface area (TPSA) is 53.7 Å². The lowest BCUT2D eigenvalue weighted by molar-refractivity contribution is -0.120. The summed E-state index contributed by atoms with van der Waals surface area (Å²) in [5, 5.41) is 4.30. The molecule has 0 spiro atoms. The Labute approximate surface area is 98.5 Å². The second-order valence-electron chi connectivity index (χ2n) is 4.20. The summed E-state index contributed by atoms with van der Waals surface area (Å²) in [5.41, 5.74) is 0.759. The van der Waals surface area contributed by atoms with Gasteiger partial charge in [0, 0.05) is 19.3 Å². The molecule has 6 nitrogen and oxygen atoms in total. The Morgan fingerprint density at radius 3 is 2.94 bits per heavy atom. The zero-order valence-corrected chi connectivity index (χ0v) is 9.58. The molecule has 2 aromatic heterocycles. The van der Waals surface area contributed by atoms with Gasteiger partial charge in [-0.15, -0.1) is 5.10 Å². The largest absolute Gasteiger partial charge is 0.296 e. The van der Waals surface area contributed by atoms with E-state index in [1.54, 1.807) is 9.42 Å². The van der Waals surface area contributed by atoms with Crippen LogP contribution in [0.25, 0.3) is 5.65 Å². The van der Waals surface area contributed by atoms with Crippen molar-refractivity contribution in [2.24, 2.45) is 0 Å². The van der Waals surface area contributed by atoms with Gasteiger partial charge >= 0.3 is 0 Å². The van der Waals surface area contributed by atoms with Crippen LogP contribution >= 0.6 is 0 Å². The highest BCUT2D eigenvalue weighted by Crippen LogP contribution is 2.13. The lowest BCUT2D eigenvalue weighted by Crippen LogP contribution is -2.49. The van der Waals surface area contributed by atoms with Gasteiger partial charge in [0.25, 0.3) is 5.95 Å². The third-order valence-corrected chi connectivity index (χ3v) is 2.88. The van der Waals surface area contributed by atoms with Crippen molar-refractivity contribution in [2.75, 3.05) is 31.6 Å². The normalized spacial score (nSPS) is 17.9. The zero-order valence-electron chi connectivity index (χ0n) is 9.58. The average molecular weight is 231 g/mol. The van der Waals surface area contributed by atoms with Crippen LogP contribution in [0.2, 0.25) is 0 Å². The molecule has 0 aromatic carbocycles. The Bertz CT molecular complexity index is 531. The molecule has 88 valence electrons. The molecular weight excluding hydrogens is 218 g/mol. The SMILES string of the molecule is CN1CCN(c2nc3ccccn3n2)C(=O)C1. The minimum absolute atomic E-state index is 0.0506. The van der Waals surface area contributed by atoms with Gasteiger partial charge < -0.3 is 0 Å². The molecule has 6 heteroatoms. The van der Waals surface area contributed by atoms with Gasteiger partial charge in [0.1, 0.15) is 0 Å². The van der Waals surface area contributed by atoms with E-state index in [1.165, 1.54) is 0 Å². The van der Waals surface area contributed by atoms with Gasteiger partial charge in [0.2, 0.25) is 5.91 Å². The van der Waals surface area contributed by atoms with Gasteiger partial charge in [0.15, 0.2) is 5.65 Å². The lowest BCUT2D eigenvalue weighted by Gasteiger charge is -2.29. The summed E-state index contributed by atoms with van der Waals surface area (Å²) in [6.07, 6.45) is 1.83. The molecule has 0 saturated carbocycles. The van der Waals surface area contributed by atoms with E-state index in [9.17, 15) is 4.79 Å². The summed E-state index contributed by atoms with van der Waals surface area (Å²) in [6, 6.07) is 5.66. The van der Waals surface area contributed by atoms with E-state index >= 15 is 0 Å². The van der Waals surface area contributed by atoms with Crippen LogP contribution in [-0.4, -0.2) is 52.1 Å². The maximum absolute atomic E-state index is 11.9. The molecule has 2 aromatic rings. The average Bonchev–Trinajstić information content (AvgIpc) is 2.72. The van der Waals surface area contributed by atoms with Gasteiger partial charge in [-0.3, -0.25) is 14.6 Å². The molecule has 1 aliphatic heterocycles. The van der Waals surface area contributed by atoms with Crippen molar-refractivity contribution in [1.29, 1.82) is 0 Å². The summed E-state index contributed by atoms with van der Waals surface area (Å²) in [7, 11) is 1.94. The quantitative estimate of drug-likeness (QED) is 0.693. The molecule has 1 aliphatic rings. The van der Waals surface area contributed by atoms with Crippen LogP contribution in [0.4, 0.5) is 5.95 Å². The van der Waals surface area contributed by atoms with Crippen molar-refractivity contribution in [1.82, 2.24) is 19.5 Å². The maximum Gasteiger partial charge on any atom is 0.252 e. The number of hydrogen-bond donors (Lipinski definition) is 0. The third kappa shape index (κ3) is 1.76. The molecule has 0 atom stereocenters. The summed E-state index contributed by atoms with van der Waals surface area (Å²) in [5.74, 6) is 0.545. The van der Waals surface area contributed by atoms with Gasteiger partial charge in [-0.1, -0.05) is 6.07 Å². The van der Waals surface area contributed by atoms with E-state index in [1.807, 2.05) is 36.3 Å². The van der Waals surface area contributed by atoms with Crippen LogP contribution in [0.15, 0.2) is 24.4 Å². The van der Waals surface area contributed by atoms with Gasteiger partial charge in [-0.05, 0) is 19.2 Å². The number of rotatable bonds is 1. The molecule has 1 amide bonds. The van der Waals surface area contributed by atoms with Crippen LogP contribution in [-0.2, 0) is 4.79 Å². The molecule has 0 bridgehead atoms. The molecule has 0 aliphatic carbocycles. The predicted octanol–water partition coefficient (Wildman–Crippen LogP) is 0.00770. The monoisotopic (exact) mass is 231 g/mol. The first kappa shape index (κ1) is 10.2. The fourth-order valence-corrected chi connectivity index (χ4v) is 1.94.